The Balaban J connectivity index is 2.86. The van der Waals surface area contributed by atoms with Gasteiger partial charge in [-0.25, -0.2) is 0 Å². The minimum atomic E-state index is 0.398. The average molecular weight is 412 g/mol. The number of ether oxygens (including phenoxy) is 3. The third-order valence-corrected chi connectivity index (χ3v) is 4.30. The summed E-state index contributed by atoms with van der Waals surface area (Å²) in [6.07, 6.45) is 7.17. The second-order valence-electron chi connectivity index (χ2n) is 7.12. The summed E-state index contributed by atoms with van der Waals surface area (Å²) in [7, 11) is 1.93. The van der Waals surface area contributed by atoms with Crippen LogP contribution in [0.1, 0.15) is 72.0 Å². The number of hydrogen-bond acceptors (Lipinski definition) is 8. The van der Waals surface area contributed by atoms with E-state index in [1.165, 1.54) is 0 Å². The molecule has 0 saturated heterocycles. The minimum Gasteiger partial charge on any atom is -0.361 e. The second-order valence-corrected chi connectivity index (χ2v) is 7.12. The predicted octanol–water partition coefficient (Wildman–Crippen LogP) is 4.00. The summed E-state index contributed by atoms with van der Waals surface area (Å²) >= 11 is 0. The van der Waals surface area contributed by atoms with E-state index in [1.54, 1.807) is 0 Å². The third-order valence-electron chi connectivity index (χ3n) is 4.30. The van der Waals surface area contributed by atoms with E-state index in [0.29, 0.717) is 45.3 Å². The molecule has 0 fully saturated rings. The summed E-state index contributed by atoms with van der Waals surface area (Å²) in [6, 6.07) is 0. The van der Waals surface area contributed by atoms with Gasteiger partial charge < -0.3 is 19.1 Å². The van der Waals surface area contributed by atoms with Gasteiger partial charge >= 0.3 is 0 Å². The molecule has 0 unspecified atom stereocenters. The lowest BCUT2D eigenvalue weighted by atomic mass is 10.4. The SMILES string of the molecule is CCCCOCN(C)c1nc(CC)nc(N(COCCCC)COCCCC)n1. The Morgan fingerprint density at radius 3 is 1.62 bits per heavy atom. The molecule has 0 spiro atoms. The number of unbranched alkanes of at least 4 members (excludes halogenated alkanes) is 3. The van der Waals surface area contributed by atoms with Gasteiger partial charge in [0.25, 0.3) is 0 Å². The summed E-state index contributed by atoms with van der Waals surface area (Å²) in [5, 5.41) is 0. The molecule has 0 aliphatic heterocycles. The van der Waals surface area contributed by atoms with Crippen LogP contribution in [-0.4, -0.2) is 62.0 Å². The first-order valence-electron chi connectivity index (χ1n) is 11.1. The third kappa shape index (κ3) is 10.7. The largest absolute Gasteiger partial charge is 0.361 e. The summed E-state index contributed by atoms with van der Waals surface area (Å²) in [5.41, 5.74) is 0. The highest BCUT2D eigenvalue weighted by Gasteiger charge is 2.16. The van der Waals surface area contributed by atoms with Gasteiger partial charge in [0.1, 0.15) is 26.0 Å². The number of hydrogen-bond donors (Lipinski definition) is 0. The highest BCUT2D eigenvalue weighted by molar-refractivity contribution is 5.37. The number of aryl methyl sites for hydroxylation is 1. The fourth-order valence-electron chi connectivity index (χ4n) is 2.37. The molecule has 29 heavy (non-hydrogen) atoms. The van der Waals surface area contributed by atoms with Crippen LogP contribution in [-0.2, 0) is 20.6 Å². The van der Waals surface area contributed by atoms with Crippen LogP contribution in [0.25, 0.3) is 0 Å². The van der Waals surface area contributed by atoms with Crippen LogP contribution in [0.5, 0.6) is 0 Å². The zero-order valence-electron chi connectivity index (χ0n) is 19.2. The van der Waals surface area contributed by atoms with Crippen molar-refractivity contribution in [3.63, 3.8) is 0 Å². The lowest BCUT2D eigenvalue weighted by molar-refractivity contribution is 0.0811. The second kappa shape index (κ2) is 16.3. The molecule has 1 aromatic heterocycles. The fourth-order valence-corrected chi connectivity index (χ4v) is 2.37. The van der Waals surface area contributed by atoms with Gasteiger partial charge in [0.15, 0.2) is 0 Å². The maximum absolute atomic E-state index is 5.82. The van der Waals surface area contributed by atoms with Crippen LogP contribution in [0.15, 0.2) is 0 Å². The van der Waals surface area contributed by atoms with Crippen molar-refractivity contribution in [2.75, 3.05) is 56.9 Å². The summed E-state index contributed by atoms with van der Waals surface area (Å²) in [6.45, 7) is 11.9. The standard InChI is InChI=1S/C21H41N5O3/c1-6-10-13-27-16-25(5)20-22-19(9-4)23-21(24-20)26(17-28-14-11-7-2)18-29-15-12-8-3/h6-18H2,1-5H3. The number of anilines is 2. The van der Waals surface area contributed by atoms with Crippen LogP contribution in [0.4, 0.5) is 11.9 Å². The normalized spacial score (nSPS) is 11.1. The first-order valence-corrected chi connectivity index (χ1v) is 11.1. The maximum atomic E-state index is 5.82. The van der Waals surface area contributed by atoms with Crippen LogP contribution >= 0.6 is 0 Å². The summed E-state index contributed by atoms with van der Waals surface area (Å²) in [4.78, 5) is 17.7. The van der Waals surface area contributed by atoms with E-state index in [1.807, 2.05) is 23.8 Å². The van der Waals surface area contributed by atoms with E-state index in [0.717, 1.165) is 57.4 Å². The Hall–Kier alpha value is -1.51. The molecule has 0 atom stereocenters. The van der Waals surface area contributed by atoms with Gasteiger partial charge in [-0.05, 0) is 19.3 Å². The van der Waals surface area contributed by atoms with Gasteiger partial charge in [0.2, 0.25) is 11.9 Å². The molecule has 168 valence electrons. The van der Waals surface area contributed by atoms with Crippen molar-refractivity contribution in [2.24, 2.45) is 0 Å². The molecule has 0 aliphatic carbocycles. The van der Waals surface area contributed by atoms with E-state index < -0.39 is 0 Å². The first-order chi connectivity index (χ1) is 14.2. The van der Waals surface area contributed by atoms with Crippen molar-refractivity contribution in [3.05, 3.63) is 5.82 Å². The molecule has 1 heterocycles. The van der Waals surface area contributed by atoms with Crippen molar-refractivity contribution in [2.45, 2.75) is 72.6 Å². The molecule has 0 bridgehead atoms. The maximum Gasteiger partial charge on any atom is 0.234 e. The smallest absolute Gasteiger partial charge is 0.234 e. The molecule has 8 heteroatoms. The fraction of sp³-hybridized carbons (Fsp3) is 0.857. The number of aromatic nitrogens is 3. The lowest BCUT2D eigenvalue weighted by Crippen LogP contribution is -2.33. The number of nitrogens with zero attached hydrogens (tertiary/aromatic N) is 5. The molecule has 1 aromatic rings. The van der Waals surface area contributed by atoms with E-state index in [4.69, 9.17) is 14.2 Å². The molecule has 0 saturated carbocycles. The molecule has 0 amide bonds. The quantitative estimate of drug-likeness (QED) is 0.265. The van der Waals surface area contributed by atoms with Gasteiger partial charge in [-0.3, -0.25) is 4.90 Å². The van der Waals surface area contributed by atoms with Gasteiger partial charge in [-0.2, -0.15) is 15.0 Å². The monoisotopic (exact) mass is 411 g/mol. The average Bonchev–Trinajstić information content (AvgIpc) is 2.75. The van der Waals surface area contributed by atoms with Crippen molar-refractivity contribution in [1.29, 1.82) is 0 Å². The van der Waals surface area contributed by atoms with Crippen LogP contribution in [0.2, 0.25) is 0 Å². The van der Waals surface area contributed by atoms with E-state index in [2.05, 4.69) is 35.7 Å². The van der Waals surface area contributed by atoms with Gasteiger partial charge in [-0.1, -0.05) is 47.0 Å². The molecule has 0 N–H and O–H groups in total. The molecule has 0 aliphatic rings. The first kappa shape index (κ1) is 25.5. The van der Waals surface area contributed by atoms with Crippen LogP contribution < -0.4 is 9.80 Å². The van der Waals surface area contributed by atoms with Gasteiger partial charge in [-0.15, -0.1) is 0 Å². The van der Waals surface area contributed by atoms with Crippen molar-refractivity contribution < 1.29 is 14.2 Å². The topological polar surface area (TPSA) is 72.8 Å². The highest BCUT2D eigenvalue weighted by atomic mass is 16.5. The summed E-state index contributed by atoms with van der Waals surface area (Å²) < 4.78 is 17.4. The van der Waals surface area contributed by atoms with E-state index in [9.17, 15) is 0 Å². The zero-order chi connectivity index (χ0) is 21.3. The van der Waals surface area contributed by atoms with Crippen LogP contribution in [0, 0.1) is 0 Å². The van der Waals surface area contributed by atoms with E-state index >= 15 is 0 Å². The molecule has 1 rings (SSSR count). The highest BCUT2D eigenvalue weighted by Crippen LogP contribution is 2.15. The molecular formula is C21H41N5O3. The zero-order valence-corrected chi connectivity index (χ0v) is 19.2. The molecular weight excluding hydrogens is 370 g/mol. The van der Waals surface area contributed by atoms with Crippen molar-refractivity contribution in [1.82, 2.24) is 15.0 Å². The van der Waals surface area contributed by atoms with Crippen molar-refractivity contribution in [3.8, 4) is 0 Å². The predicted molar refractivity (Wildman–Crippen MR) is 117 cm³/mol. The molecule has 0 aromatic carbocycles. The molecule has 0 radical (unpaired) electrons. The number of rotatable bonds is 18. The Labute approximate surface area is 177 Å². The van der Waals surface area contributed by atoms with Crippen LogP contribution in [0.3, 0.4) is 0 Å². The minimum absolute atomic E-state index is 0.398. The molecule has 8 nitrogen and oxygen atoms in total. The van der Waals surface area contributed by atoms with Gasteiger partial charge in [0, 0.05) is 33.3 Å². The Morgan fingerprint density at radius 1 is 0.655 bits per heavy atom. The van der Waals surface area contributed by atoms with Crippen molar-refractivity contribution >= 4 is 11.9 Å². The van der Waals surface area contributed by atoms with Gasteiger partial charge in [0.05, 0.1) is 0 Å². The lowest BCUT2D eigenvalue weighted by Gasteiger charge is -2.24. The Kier molecular flexibility index (Phi) is 14.4. The summed E-state index contributed by atoms with van der Waals surface area (Å²) in [5.74, 6) is 1.94. The van der Waals surface area contributed by atoms with E-state index in [-0.39, 0.29) is 0 Å². The Bertz CT molecular complexity index is 521. The Morgan fingerprint density at radius 2 is 1.14 bits per heavy atom.